The van der Waals surface area contributed by atoms with Crippen molar-refractivity contribution >= 4 is 28.6 Å². The quantitative estimate of drug-likeness (QED) is 0.581. The number of anilines is 2. The summed E-state index contributed by atoms with van der Waals surface area (Å²) >= 11 is 1.57. The van der Waals surface area contributed by atoms with Crippen LogP contribution in [0.25, 0.3) is 10.7 Å². The molecule has 0 aliphatic heterocycles. The molecule has 27 heavy (non-hydrogen) atoms. The van der Waals surface area contributed by atoms with Gasteiger partial charge >= 0.3 is 0 Å². The van der Waals surface area contributed by atoms with Gasteiger partial charge in [-0.25, -0.2) is 0 Å². The number of carbonyl (C=O) groups is 1. The Bertz CT molecular complexity index is 933. The van der Waals surface area contributed by atoms with Crippen LogP contribution in [-0.4, -0.2) is 16.0 Å². The fraction of sp³-hybridized carbons (Fsp3) is 0.250. The maximum absolute atomic E-state index is 12.3. The summed E-state index contributed by atoms with van der Waals surface area (Å²) in [6.07, 6.45) is 6.90. The monoisotopic (exact) mass is 380 g/mol. The molecule has 1 aromatic carbocycles. The number of rotatable bonds is 7. The van der Waals surface area contributed by atoms with Crippen LogP contribution in [0, 0.1) is 5.92 Å². The highest BCUT2D eigenvalue weighted by Gasteiger charge is 2.15. The van der Waals surface area contributed by atoms with Crippen LogP contribution >= 0.6 is 11.3 Å². The number of carbonyl (C=O) groups excluding carboxylic acids is 1. The second-order valence-electron chi connectivity index (χ2n) is 6.41. The maximum Gasteiger partial charge on any atom is 0.246 e. The normalized spacial score (nSPS) is 15.8. The van der Waals surface area contributed by atoms with Gasteiger partial charge in [0.25, 0.3) is 0 Å². The van der Waals surface area contributed by atoms with Crippen molar-refractivity contribution in [2.45, 2.75) is 25.8 Å². The fourth-order valence-corrected chi connectivity index (χ4v) is 3.70. The molecule has 0 radical (unpaired) electrons. The van der Waals surface area contributed by atoms with E-state index in [1.807, 2.05) is 41.8 Å². The van der Waals surface area contributed by atoms with Gasteiger partial charge in [0.15, 0.2) is 0 Å². The number of para-hydroxylation sites is 2. The number of hydrogen-bond acceptors (Lipinski definition) is 6. The van der Waals surface area contributed by atoms with Gasteiger partial charge in [-0.1, -0.05) is 35.5 Å². The highest BCUT2D eigenvalue weighted by atomic mass is 32.1. The Hall–Kier alpha value is -2.93. The number of nitrogens with zero attached hydrogens (tertiary/aromatic N) is 2. The second kappa shape index (κ2) is 8.18. The molecule has 2 aromatic heterocycles. The molecule has 0 spiro atoms. The largest absolute Gasteiger partial charge is 0.374 e. The van der Waals surface area contributed by atoms with Crippen molar-refractivity contribution < 1.29 is 9.32 Å². The molecule has 4 rings (SSSR count). The zero-order valence-electron chi connectivity index (χ0n) is 14.7. The topological polar surface area (TPSA) is 80.0 Å². The minimum Gasteiger partial charge on any atom is -0.374 e. The number of aromatic nitrogens is 2. The van der Waals surface area contributed by atoms with Gasteiger partial charge < -0.3 is 15.2 Å². The van der Waals surface area contributed by atoms with Crippen molar-refractivity contribution in [3.05, 3.63) is 59.8 Å². The molecule has 0 saturated heterocycles. The van der Waals surface area contributed by atoms with Gasteiger partial charge in [0, 0.05) is 6.42 Å². The van der Waals surface area contributed by atoms with Gasteiger partial charge in [-0.05, 0) is 42.3 Å². The van der Waals surface area contributed by atoms with E-state index in [1.54, 1.807) is 11.3 Å². The molecule has 1 aliphatic carbocycles. The van der Waals surface area contributed by atoms with Crippen molar-refractivity contribution in [1.82, 2.24) is 10.1 Å². The molecular weight excluding hydrogens is 360 g/mol. The first-order chi connectivity index (χ1) is 13.3. The Morgan fingerprint density at radius 3 is 2.89 bits per heavy atom. The first-order valence-corrected chi connectivity index (χ1v) is 9.82. The van der Waals surface area contributed by atoms with Crippen molar-refractivity contribution in [1.29, 1.82) is 0 Å². The van der Waals surface area contributed by atoms with Crippen LogP contribution in [0.5, 0.6) is 0 Å². The average Bonchev–Trinajstić information content (AvgIpc) is 3.43. The Balaban J connectivity index is 1.38. The number of amides is 1. The predicted molar refractivity (Wildman–Crippen MR) is 106 cm³/mol. The first-order valence-electron chi connectivity index (χ1n) is 8.94. The summed E-state index contributed by atoms with van der Waals surface area (Å²) in [6, 6.07) is 11.5. The van der Waals surface area contributed by atoms with E-state index in [1.165, 1.54) is 0 Å². The number of hydrogen-bond donors (Lipinski definition) is 2. The van der Waals surface area contributed by atoms with Gasteiger partial charge in [-0.3, -0.25) is 4.79 Å². The highest BCUT2D eigenvalue weighted by molar-refractivity contribution is 7.13. The summed E-state index contributed by atoms with van der Waals surface area (Å²) in [4.78, 5) is 17.7. The smallest absolute Gasteiger partial charge is 0.246 e. The van der Waals surface area contributed by atoms with Crippen LogP contribution in [0.1, 0.15) is 25.2 Å². The molecule has 138 valence electrons. The molecule has 7 heteroatoms. The van der Waals surface area contributed by atoms with Crippen molar-refractivity contribution in [2.75, 3.05) is 10.6 Å². The lowest BCUT2D eigenvalue weighted by molar-refractivity contribution is -0.116. The van der Waals surface area contributed by atoms with Crippen LogP contribution in [-0.2, 0) is 11.3 Å². The highest BCUT2D eigenvalue weighted by Crippen LogP contribution is 2.25. The molecule has 0 fully saturated rings. The van der Waals surface area contributed by atoms with Gasteiger partial charge in [0.2, 0.25) is 17.6 Å². The van der Waals surface area contributed by atoms with E-state index < -0.39 is 0 Å². The van der Waals surface area contributed by atoms with E-state index in [2.05, 4.69) is 32.9 Å². The molecule has 0 saturated carbocycles. The van der Waals surface area contributed by atoms with E-state index in [0.29, 0.717) is 30.6 Å². The fourth-order valence-electron chi connectivity index (χ4n) is 3.05. The molecule has 0 bridgehead atoms. The summed E-state index contributed by atoms with van der Waals surface area (Å²) in [6.45, 7) is 0.386. The summed E-state index contributed by atoms with van der Waals surface area (Å²) in [7, 11) is 0. The molecule has 2 heterocycles. The third kappa shape index (κ3) is 4.43. The zero-order chi connectivity index (χ0) is 18.5. The van der Waals surface area contributed by atoms with Crippen LogP contribution < -0.4 is 10.6 Å². The molecule has 1 unspecified atom stereocenters. The first kappa shape index (κ1) is 17.5. The summed E-state index contributed by atoms with van der Waals surface area (Å²) in [5, 5.41) is 12.2. The lowest BCUT2D eigenvalue weighted by atomic mass is 10.0. The number of thiophene rings is 1. The molecule has 3 aromatic rings. The molecule has 2 N–H and O–H groups in total. The van der Waals surface area contributed by atoms with Crippen LogP contribution in [0.3, 0.4) is 0 Å². The Labute approximate surface area is 161 Å². The van der Waals surface area contributed by atoms with Crippen LogP contribution in [0.4, 0.5) is 11.4 Å². The number of nitrogens with one attached hydrogen (secondary N) is 2. The molecule has 1 amide bonds. The van der Waals surface area contributed by atoms with E-state index in [-0.39, 0.29) is 5.91 Å². The van der Waals surface area contributed by atoms with Crippen molar-refractivity contribution in [3.8, 4) is 10.7 Å². The minimum atomic E-state index is 0.0265. The van der Waals surface area contributed by atoms with Crippen molar-refractivity contribution in [2.24, 2.45) is 5.92 Å². The summed E-state index contributed by atoms with van der Waals surface area (Å²) in [5.74, 6) is 1.46. The van der Waals surface area contributed by atoms with E-state index in [0.717, 1.165) is 29.1 Å². The van der Waals surface area contributed by atoms with Gasteiger partial charge in [-0.15, -0.1) is 11.3 Å². The number of benzene rings is 1. The Morgan fingerprint density at radius 2 is 2.11 bits per heavy atom. The predicted octanol–water partition coefficient (Wildman–Crippen LogP) is 4.71. The molecule has 1 aliphatic rings. The molecular formula is C20H20N4O2S. The molecule has 6 nitrogen and oxygen atoms in total. The SMILES string of the molecule is O=C(CC1C=CCC1)Nc1ccccc1NCc1nc(-c2cccs2)no1. The Kier molecular flexibility index (Phi) is 5.29. The second-order valence-corrected chi connectivity index (χ2v) is 7.35. The van der Waals surface area contributed by atoms with E-state index >= 15 is 0 Å². The summed E-state index contributed by atoms with van der Waals surface area (Å²) in [5.41, 5.74) is 1.58. The standard InChI is InChI=1S/C20H20N4O2S/c25-18(12-14-6-1-2-7-14)22-16-9-4-3-8-15(16)21-13-19-23-20(24-26-19)17-10-5-11-27-17/h1,3-6,8-11,14,21H,2,7,12-13H2,(H,22,25). The van der Waals surface area contributed by atoms with Gasteiger partial charge in [0.1, 0.15) is 0 Å². The van der Waals surface area contributed by atoms with Gasteiger partial charge in [0.05, 0.1) is 22.8 Å². The van der Waals surface area contributed by atoms with Crippen LogP contribution in [0.2, 0.25) is 0 Å². The summed E-state index contributed by atoms with van der Waals surface area (Å²) < 4.78 is 5.31. The zero-order valence-corrected chi connectivity index (χ0v) is 15.5. The Morgan fingerprint density at radius 1 is 1.22 bits per heavy atom. The third-order valence-corrected chi connectivity index (χ3v) is 5.27. The van der Waals surface area contributed by atoms with Crippen molar-refractivity contribution in [3.63, 3.8) is 0 Å². The van der Waals surface area contributed by atoms with E-state index in [9.17, 15) is 4.79 Å². The third-order valence-electron chi connectivity index (χ3n) is 4.40. The van der Waals surface area contributed by atoms with Crippen LogP contribution in [0.15, 0.2) is 58.5 Å². The lowest BCUT2D eigenvalue weighted by Crippen LogP contribution is -2.16. The van der Waals surface area contributed by atoms with Gasteiger partial charge in [-0.2, -0.15) is 4.98 Å². The maximum atomic E-state index is 12.3. The lowest BCUT2D eigenvalue weighted by Gasteiger charge is -2.13. The van der Waals surface area contributed by atoms with E-state index in [4.69, 9.17) is 4.52 Å². The number of allylic oxidation sites excluding steroid dienone is 2. The molecule has 1 atom stereocenters. The average molecular weight is 380 g/mol. The minimum absolute atomic E-state index is 0.0265.